The number of hydrogen-bond acceptors (Lipinski definition) is 1. The first kappa shape index (κ1) is 15.6. The quantitative estimate of drug-likeness (QED) is 0.590. The van der Waals surface area contributed by atoms with Crippen LogP contribution in [0.25, 0.3) is 11.1 Å². The lowest BCUT2D eigenvalue weighted by Gasteiger charge is -2.29. The first-order valence-electron chi connectivity index (χ1n) is 8.32. The first-order chi connectivity index (χ1) is 11.7. The van der Waals surface area contributed by atoms with Gasteiger partial charge in [-0.15, -0.1) is 0 Å². The van der Waals surface area contributed by atoms with Crippen LogP contribution in [0.2, 0.25) is 0 Å². The normalized spacial score (nSPS) is 19.8. The Balaban J connectivity index is 1.59. The summed E-state index contributed by atoms with van der Waals surface area (Å²) in [6, 6.07) is 25.4. The van der Waals surface area contributed by atoms with Gasteiger partial charge in [0.15, 0.2) is 0 Å². The molecule has 2 unspecified atom stereocenters. The second-order valence-corrected chi connectivity index (χ2v) is 7.40. The minimum absolute atomic E-state index is 0.355. The fourth-order valence-electron chi connectivity index (χ4n) is 3.63. The molecule has 0 heterocycles. The van der Waals surface area contributed by atoms with Crippen molar-refractivity contribution in [3.8, 4) is 11.1 Å². The standard InChI is InChI=1S/C22H19BrO/c23-20-11-9-16(10-12-20)15-5-7-17(8-6-15)19-13-18-3-1-2-4-21(18)22(24)14-19/h1-12,19,22,24H,13-14H2. The van der Waals surface area contributed by atoms with E-state index in [2.05, 4.69) is 76.6 Å². The number of rotatable bonds is 2. The lowest BCUT2D eigenvalue weighted by atomic mass is 9.78. The van der Waals surface area contributed by atoms with E-state index in [1.54, 1.807) is 0 Å². The van der Waals surface area contributed by atoms with Crippen LogP contribution in [0.5, 0.6) is 0 Å². The molecule has 3 aromatic carbocycles. The highest BCUT2D eigenvalue weighted by atomic mass is 79.9. The molecule has 1 nitrogen and oxygen atoms in total. The van der Waals surface area contributed by atoms with Gasteiger partial charge in [-0.3, -0.25) is 0 Å². The molecule has 0 saturated heterocycles. The summed E-state index contributed by atoms with van der Waals surface area (Å²) in [5.41, 5.74) is 6.13. The van der Waals surface area contributed by atoms with Crippen molar-refractivity contribution in [3.05, 3.63) is 94.0 Å². The van der Waals surface area contributed by atoms with E-state index in [1.807, 2.05) is 12.1 Å². The van der Waals surface area contributed by atoms with Crippen LogP contribution in [0.15, 0.2) is 77.3 Å². The molecule has 120 valence electrons. The minimum Gasteiger partial charge on any atom is -0.388 e. The van der Waals surface area contributed by atoms with Gasteiger partial charge in [0.2, 0.25) is 0 Å². The van der Waals surface area contributed by atoms with Gasteiger partial charge in [-0.05, 0) is 58.7 Å². The van der Waals surface area contributed by atoms with E-state index in [0.717, 1.165) is 22.9 Å². The van der Waals surface area contributed by atoms with Gasteiger partial charge in [0.25, 0.3) is 0 Å². The summed E-state index contributed by atoms with van der Waals surface area (Å²) < 4.78 is 1.10. The molecule has 0 saturated carbocycles. The molecule has 24 heavy (non-hydrogen) atoms. The van der Waals surface area contributed by atoms with Crippen molar-refractivity contribution < 1.29 is 5.11 Å². The molecular formula is C22H19BrO. The van der Waals surface area contributed by atoms with Crippen LogP contribution in [0.4, 0.5) is 0 Å². The predicted octanol–water partition coefficient (Wildman–Crippen LogP) is 5.88. The number of aliphatic hydroxyl groups is 1. The van der Waals surface area contributed by atoms with Gasteiger partial charge in [0, 0.05) is 4.47 Å². The molecule has 0 amide bonds. The van der Waals surface area contributed by atoms with Crippen LogP contribution in [-0.2, 0) is 6.42 Å². The molecule has 1 N–H and O–H groups in total. The minimum atomic E-state index is -0.355. The molecule has 0 radical (unpaired) electrons. The van der Waals surface area contributed by atoms with Crippen molar-refractivity contribution in [2.24, 2.45) is 0 Å². The van der Waals surface area contributed by atoms with E-state index in [9.17, 15) is 5.11 Å². The van der Waals surface area contributed by atoms with E-state index < -0.39 is 0 Å². The highest BCUT2D eigenvalue weighted by Gasteiger charge is 2.26. The lowest BCUT2D eigenvalue weighted by molar-refractivity contribution is 0.147. The van der Waals surface area contributed by atoms with Gasteiger partial charge < -0.3 is 5.11 Å². The van der Waals surface area contributed by atoms with Crippen LogP contribution in [-0.4, -0.2) is 5.11 Å². The Bertz CT molecular complexity index is 837. The summed E-state index contributed by atoms with van der Waals surface area (Å²) in [4.78, 5) is 0. The molecule has 0 fully saturated rings. The van der Waals surface area contributed by atoms with Crippen molar-refractivity contribution >= 4 is 15.9 Å². The summed E-state index contributed by atoms with van der Waals surface area (Å²) >= 11 is 3.48. The van der Waals surface area contributed by atoms with Crippen LogP contribution < -0.4 is 0 Å². The predicted molar refractivity (Wildman–Crippen MR) is 102 cm³/mol. The average molecular weight is 379 g/mol. The van der Waals surface area contributed by atoms with E-state index in [-0.39, 0.29) is 6.10 Å². The molecule has 4 rings (SSSR count). The zero-order valence-corrected chi connectivity index (χ0v) is 14.9. The second kappa shape index (κ2) is 6.54. The van der Waals surface area contributed by atoms with Crippen molar-refractivity contribution in [3.63, 3.8) is 0 Å². The Morgan fingerprint density at radius 3 is 2.12 bits per heavy atom. The maximum absolute atomic E-state index is 10.4. The summed E-state index contributed by atoms with van der Waals surface area (Å²) in [6.45, 7) is 0. The van der Waals surface area contributed by atoms with E-state index in [1.165, 1.54) is 22.3 Å². The Hall–Kier alpha value is -1.90. The maximum atomic E-state index is 10.4. The SMILES string of the molecule is OC1CC(c2ccc(-c3ccc(Br)cc3)cc2)Cc2ccccc21. The van der Waals surface area contributed by atoms with Crippen LogP contribution in [0.1, 0.15) is 35.1 Å². The molecule has 3 aromatic rings. The summed E-state index contributed by atoms with van der Waals surface area (Å²) in [7, 11) is 0. The van der Waals surface area contributed by atoms with Crippen molar-refractivity contribution in [2.75, 3.05) is 0 Å². The van der Waals surface area contributed by atoms with Crippen LogP contribution in [0, 0.1) is 0 Å². The van der Waals surface area contributed by atoms with Gasteiger partial charge in [-0.2, -0.15) is 0 Å². The monoisotopic (exact) mass is 378 g/mol. The number of hydrogen-bond donors (Lipinski definition) is 1. The van der Waals surface area contributed by atoms with Gasteiger partial charge in [0.1, 0.15) is 0 Å². The average Bonchev–Trinajstić information content (AvgIpc) is 2.62. The number of aliphatic hydroxyl groups excluding tert-OH is 1. The van der Waals surface area contributed by atoms with E-state index in [0.29, 0.717) is 5.92 Å². The van der Waals surface area contributed by atoms with E-state index in [4.69, 9.17) is 0 Å². The third-order valence-electron chi connectivity index (χ3n) is 4.95. The molecule has 2 heteroatoms. The molecule has 2 atom stereocenters. The van der Waals surface area contributed by atoms with Gasteiger partial charge in [0.05, 0.1) is 6.10 Å². The molecule has 1 aliphatic carbocycles. The largest absolute Gasteiger partial charge is 0.388 e. The molecule has 1 aliphatic rings. The first-order valence-corrected chi connectivity index (χ1v) is 9.12. The fraction of sp³-hybridized carbons (Fsp3) is 0.182. The molecule has 0 spiro atoms. The maximum Gasteiger partial charge on any atom is 0.0798 e. The zero-order valence-electron chi connectivity index (χ0n) is 13.3. The summed E-state index contributed by atoms with van der Waals surface area (Å²) in [6.07, 6.45) is 1.45. The van der Waals surface area contributed by atoms with Crippen LogP contribution >= 0.6 is 15.9 Å². The highest BCUT2D eigenvalue weighted by molar-refractivity contribution is 9.10. The third kappa shape index (κ3) is 3.04. The highest BCUT2D eigenvalue weighted by Crippen LogP contribution is 2.38. The lowest BCUT2D eigenvalue weighted by Crippen LogP contribution is -2.17. The van der Waals surface area contributed by atoms with E-state index >= 15 is 0 Å². The smallest absolute Gasteiger partial charge is 0.0798 e. The summed E-state index contributed by atoms with van der Waals surface area (Å²) in [5, 5.41) is 10.4. The topological polar surface area (TPSA) is 20.2 Å². The zero-order chi connectivity index (χ0) is 16.5. The molecule has 0 aromatic heterocycles. The van der Waals surface area contributed by atoms with Crippen LogP contribution in [0.3, 0.4) is 0 Å². The second-order valence-electron chi connectivity index (χ2n) is 6.48. The van der Waals surface area contributed by atoms with Crippen molar-refractivity contribution in [2.45, 2.75) is 24.9 Å². The fourth-order valence-corrected chi connectivity index (χ4v) is 3.90. The Kier molecular flexibility index (Phi) is 4.26. The van der Waals surface area contributed by atoms with Gasteiger partial charge in [-0.1, -0.05) is 76.6 Å². The Morgan fingerprint density at radius 1 is 0.792 bits per heavy atom. The van der Waals surface area contributed by atoms with Crippen molar-refractivity contribution in [1.29, 1.82) is 0 Å². The number of halogens is 1. The van der Waals surface area contributed by atoms with Crippen molar-refractivity contribution in [1.82, 2.24) is 0 Å². The van der Waals surface area contributed by atoms with Gasteiger partial charge >= 0.3 is 0 Å². The van der Waals surface area contributed by atoms with Gasteiger partial charge in [-0.25, -0.2) is 0 Å². The number of benzene rings is 3. The molecule has 0 bridgehead atoms. The Morgan fingerprint density at radius 2 is 1.42 bits per heavy atom. The third-order valence-corrected chi connectivity index (χ3v) is 5.48. The summed E-state index contributed by atoms with van der Waals surface area (Å²) in [5.74, 6) is 0.383. The number of fused-ring (bicyclic) bond motifs is 1. The molecular weight excluding hydrogens is 360 g/mol. The Labute approximate surface area is 151 Å². The molecule has 0 aliphatic heterocycles.